The first-order chi connectivity index (χ1) is 15.4. The third-order valence-electron chi connectivity index (χ3n) is 4.93. The first-order valence-corrected chi connectivity index (χ1v) is 10.5. The van der Waals surface area contributed by atoms with Crippen molar-refractivity contribution in [3.63, 3.8) is 0 Å². The number of amides is 1. The smallest absolute Gasteiger partial charge is 0.301 e. The summed E-state index contributed by atoms with van der Waals surface area (Å²) in [5, 5.41) is 24.0. The zero-order chi connectivity index (χ0) is 22.8. The van der Waals surface area contributed by atoms with Crippen LogP contribution >= 0.6 is 11.3 Å². The lowest BCUT2D eigenvalue weighted by Crippen LogP contribution is -2.29. The Morgan fingerprint density at radius 2 is 1.88 bits per heavy atom. The van der Waals surface area contributed by atoms with Gasteiger partial charge in [0.2, 0.25) is 0 Å². The maximum atomic E-state index is 13.0. The van der Waals surface area contributed by atoms with Crippen molar-refractivity contribution in [3.8, 4) is 5.75 Å². The lowest BCUT2D eigenvalue weighted by Gasteiger charge is -2.22. The monoisotopic (exact) mass is 451 g/mol. The van der Waals surface area contributed by atoms with E-state index in [9.17, 15) is 24.8 Å². The lowest BCUT2D eigenvalue weighted by atomic mass is 9.95. The van der Waals surface area contributed by atoms with Gasteiger partial charge < -0.3 is 9.84 Å². The van der Waals surface area contributed by atoms with E-state index in [1.54, 1.807) is 29.6 Å². The molecule has 3 aromatic rings. The summed E-state index contributed by atoms with van der Waals surface area (Å²) in [5.41, 5.74) is 0.504. The van der Waals surface area contributed by atoms with Crippen LogP contribution < -0.4 is 9.64 Å². The minimum atomic E-state index is -0.992. The largest absolute Gasteiger partial charge is 0.507 e. The third kappa shape index (κ3) is 3.71. The number of aliphatic hydroxyl groups excluding tert-OH is 1. The van der Waals surface area contributed by atoms with Gasteiger partial charge in [-0.25, -0.2) is 4.98 Å². The fraction of sp³-hybridized carbons (Fsp3) is 0.136. The molecule has 1 aliphatic heterocycles. The van der Waals surface area contributed by atoms with E-state index >= 15 is 0 Å². The van der Waals surface area contributed by atoms with Gasteiger partial charge in [0.15, 0.2) is 5.13 Å². The minimum Gasteiger partial charge on any atom is -0.507 e. The number of thiazole rings is 1. The highest BCUT2D eigenvalue weighted by atomic mass is 32.1. The van der Waals surface area contributed by atoms with Crippen molar-refractivity contribution >= 4 is 39.6 Å². The molecule has 1 aliphatic rings. The Balaban J connectivity index is 1.86. The summed E-state index contributed by atoms with van der Waals surface area (Å²) in [6, 6.07) is 11.0. The molecular formula is C22H17N3O6S. The predicted molar refractivity (Wildman–Crippen MR) is 118 cm³/mol. The highest BCUT2D eigenvalue weighted by molar-refractivity contribution is 7.14. The SMILES string of the molecule is CCOc1ccc(C(O)=C2C(=O)C(=O)N(c3nccs3)[C@H]2c2ccc([N+](=O)[O-])cc2)cc1. The molecular weight excluding hydrogens is 434 g/mol. The van der Waals surface area contributed by atoms with E-state index in [4.69, 9.17) is 4.74 Å². The number of nitrogens with zero attached hydrogens (tertiary/aromatic N) is 3. The second kappa shape index (κ2) is 8.60. The first-order valence-electron chi connectivity index (χ1n) is 9.60. The molecule has 1 fully saturated rings. The number of hydrogen-bond acceptors (Lipinski definition) is 8. The van der Waals surface area contributed by atoms with E-state index in [0.29, 0.717) is 23.5 Å². The van der Waals surface area contributed by atoms with Crippen LogP contribution in [0.3, 0.4) is 0 Å². The molecule has 1 saturated heterocycles. The Kier molecular flexibility index (Phi) is 5.69. The highest BCUT2D eigenvalue weighted by Gasteiger charge is 2.48. The van der Waals surface area contributed by atoms with Crippen molar-refractivity contribution in [1.82, 2.24) is 4.98 Å². The fourth-order valence-corrected chi connectivity index (χ4v) is 4.16. The van der Waals surface area contributed by atoms with Crippen LogP contribution in [-0.4, -0.2) is 33.3 Å². The average Bonchev–Trinajstić information content (AvgIpc) is 3.41. The molecule has 0 spiro atoms. The number of aliphatic hydroxyl groups is 1. The summed E-state index contributed by atoms with van der Waals surface area (Å²) in [4.78, 5) is 41.8. The van der Waals surface area contributed by atoms with Crippen LogP contribution in [0.2, 0.25) is 0 Å². The molecule has 0 radical (unpaired) electrons. The van der Waals surface area contributed by atoms with E-state index in [-0.39, 0.29) is 22.2 Å². The van der Waals surface area contributed by atoms with Gasteiger partial charge in [-0.15, -0.1) is 11.3 Å². The number of carbonyl (C=O) groups is 2. The molecule has 2 aromatic carbocycles. The second-order valence-corrected chi connectivity index (χ2v) is 7.66. The molecule has 1 amide bonds. The fourth-order valence-electron chi connectivity index (χ4n) is 3.49. The van der Waals surface area contributed by atoms with Crippen molar-refractivity contribution in [2.45, 2.75) is 13.0 Å². The number of Topliss-reactive ketones (excluding diaryl/α,β-unsaturated/α-hetero) is 1. The summed E-state index contributed by atoms with van der Waals surface area (Å²) in [6.45, 7) is 2.32. The molecule has 4 rings (SSSR count). The van der Waals surface area contributed by atoms with Crippen molar-refractivity contribution in [2.75, 3.05) is 11.5 Å². The quantitative estimate of drug-likeness (QED) is 0.197. The Bertz CT molecular complexity index is 1200. The van der Waals surface area contributed by atoms with Crippen molar-refractivity contribution < 1.29 is 24.4 Å². The number of nitro groups is 1. The zero-order valence-electron chi connectivity index (χ0n) is 16.8. The summed E-state index contributed by atoms with van der Waals surface area (Å²) < 4.78 is 5.40. The van der Waals surface area contributed by atoms with E-state index in [0.717, 1.165) is 11.3 Å². The normalized spacial score (nSPS) is 17.5. The molecule has 10 heteroatoms. The number of hydrogen-bond donors (Lipinski definition) is 1. The van der Waals surface area contributed by atoms with Crippen LogP contribution in [0.4, 0.5) is 10.8 Å². The minimum absolute atomic E-state index is 0.122. The van der Waals surface area contributed by atoms with Crippen LogP contribution in [-0.2, 0) is 9.59 Å². The van der Waals surface area contributed by atoms with E-state index < -0.39 is 22.7 Å². The Labute approximate surface area is 186 Å². The number of nitro benzene ring substituents is 1. The molecule has 32 heavy (non-hydrogen) atoms. The van der Waals surface area contributed by atoms with Gasteiger partial charge in [-0.1, -0.05) is 0 Å². The summed E-state index contributed by atoms with van der Waals surface area (Å²) in [6.07, 6.45) is 1.50. The van der Waals surface area contributed by atoms with Crippen LogP contribution in [0.15, 0.2) is 65.7 Å². The van der Waals surface area contributed by atoms with Crippen LogP contribution in [0, 0.1) is 10.1 Å². The van der Waals surface area contributed by atoms with Crippen LogP contribution in [0.5, 0.6) is 5.75 Å². The molecule has 1 aromatic heterocycles. The number of ketones is 1. The average molecular weight is 451 g/mol. The van der Waals surface area contributed by atoms with E-state index in [2.05, 4.69) is 4.98 Å². The van der Waals surface area contributed by atoms with Crippen LogP contribution in [0.25, 0.3) is 5.76 Å². The van der Waals surface area contributed by atoms with Gasteiger partial charge in [-0.3, -0.25) is 24.6 Å². The van der Waals surface area contributed by atoms with Gasteiger partial charge in [-0.05, 0) is 48.9 Å². The predicted octanol–water partition coefficient (Wildman–Crippen LogP) is 4.08. The van der Waals surface area contributed by atoms with Gasteiger partial charge in [-0.2, -0.15) is 0 Å². The molecule has 162 valence electrons. The number of non-ortho nitro benzene ring substituents is 1. The topological polar surface area (TPSA) is 123 Å². The Morgan fingerprint density at radius 1 is 1.19 bits per heavy atom. The van der Waals surface area contributed by atoms with Crippen molar-refractivity contribution in [2.24, 2.45) is 0 Å². The zero-order valence-corrected chi connectivity index (χ0v) is 17.6. The van der Waals surface area contributed by atoms with Gasteiger partial charge >= 0.3 is 5.91 Å². The molecule has 0 bridgehead atoms. The molecule has 0 unspecified atom stereocenters. The summed E-state index contributed by atoms with van der Waals surface area (Å²) in [7, 11) is 0. The van der Waals surface area contributed by atoms with Gasteiger partial charge in [0.25, 0.3) is 11.5 Å². The van der Waals surface area contributed by atoms with Gasteiger partial charge in [0, 0.05) is 29.3 Å². The summed E-state index contributed by atoms with van der Waals surface area (Å²) >= 11 is 1.16. The third-order valence-corrected chi connectivity index (χ3v) is 5.70. The van der Waals surface area contributed by atoms with E-state index in [1.165, 1.54) is 35.4 Å². The highest BCUT2D eigenvalue weighted by Crippen LogP contribution is 2.43. The second-order valence-electron chi connectivity index (χ2n) is 6.79. The Hall–Kier alpha value is -4.05. The Morgan fingerprint density at radius 3 is 2.44 bits per heavy atom. The maximum Gasteiger partial charge on any atom is 0.301 e. The standard InChI is InChI=1S/C22H17N3O6S/c1-2-31-16-9-5-14(6-10-16)19(26)17-18(13-3-7-15(8-4-13)25(29)30)24(21(28)20(17)27)22-23-11-12-32-22/h3-12,18,26H,2H2,1H3/t18-/m0/s1. The molecule has 1 N–H and O–H groups in total. The molecule has 0 saturated carbocycles. The number of ether oxygens (including phenoxy) is 1. The molecule has 1 atom stereocenters. The number of rotatable bonds is 6. The van der Waals surface area contributed by atoms with Gasteiger partial charge in [0.05, 0.1) is 23.1 Å². The number of aromatic nitrogens is 1. The maximum absolute atomic E-state index is 13.0. The first kappa shape index (κ1) is 21.2. The van der Waals surface area contributed by atoms with Crippen molar-refractivity contribution in [1.29, 1.82) is 0 Å². The van der Waals surface area contributed by atoms with Crippen LogP contribution in [0.1, 0.15) is 24.1 Å². The number of carbonyl (C=O) groups excluding carboxylic acids is 2. The number of anilines is 1. The lowest BCUT2D eigenvalue weighted by molar-refractivity contribution is -0.384. The summed E-state index contributed by atoms with van der Waals surface area (Å²) in [5.74, 6) is -1.46. The number of benzene rings is 2. The molecule has 2 heterocycles. The molecule has 9 nitrogen and oxygen atoms in total. The van der Waals surface area contributed by atoms with E-state index in [1.807, 2.05) is 6.92 Å². The molecule has 0 aliphatic carbocycles. The van der Waals surface area contributed by atoms with Gasteiger partial charge in [0.1, 0.15) is 11.5 Å². The van der Waals surface area contributed by atoms with Crippen molar-refractivity contribution in [3.05, 3.63) is 86.9 Å².